The minimum atomic E-state index is -0.544. The monoisotopic (exact) mass is 230 g/mol. The average molecular weight is 230 g/mol. The lowest BCUT2D eigenvalue weighted by atomic mass is 10.1. The highest BCUT2D eigenvalue weighted by atomic mass is 16.7. The second-order valence-electron chi connectivity index (χ2n) is 4.12. The molecule has 0 bridgehead atoms. The van der Waals surface area contributed by atoms with E-state index >= 15 is 0 Å². The predicted molar refractivity (Wildman–Crippen MR) is 60.6 cm³/mol. The molecule has 16 heavy (non-hydrogen) atoms. The predicted octanol–water partition coefficient (Wildman–Crippen LogP) is 0.512. The van der Waals surface area contributed by atoms with E-state index in [2.05, 4.69) is 0 Å². The maximum atomic E-state index is 11.5. The van der Waals surface area contributed by atoms with Crippen LogP contribution in [-0.2, 0) is 14.3 Å². The van der Waals surface area contributed by atoms with Crippen molar-refractivity contribution in [3.05, 3.63) is 0 Å². The quantitative estimate of drug-likeness (QED) is 0.513. The Morgan fingerprint density at radius 2 is 2.25 bits per heavy atom. The molecule has 0 aliphatic carbocycles. The van der Waals surface area contributed by atoms with Gasteiger partial charge in [0.05, 0.1) is 6.61 Å². The number of hydrogen-bond donors (Lipinski definition) is 2. The second-order valence-corrected chi connectivity index (χ2v) is 4.12. The first-order chi connectivity index (χ1) is 7.74. The van der Waals surface area contributed by atoms with Crippen LogP contribution >= 0.6 is 0 Å². The van der Waals surface area contributed by atoms with Gasteiger partial charge in [-0.2, -0.15) is 0 Å². The molecule has 0 aromatic carbocycles. The Balaban J connectivity index is 2.16. The third-order valence-corrected chi connectivity index (χ3v) is 2.66. The van der Waals surface area contributed by atoms with Crippen LogP contribution in [0, 0.1) is 0 Å². The number of ether oxygens (including phenoxy) is 2. The summed E-state index contributed by atoms with van der Waals surface area (Å²) < 4.78 is 10.5. The Morgan fingerprint density at radius 3 is 2.88 bits per heavy atom. The Hall–Kier alpha value is -0.650. The first kappa shape index (κ1) is 13.4. The molecule has 0 saturated carbocycles. The standard InChI is InChI=1S/C11H22N2O3/c12-7-3-1-5-9(13)11(14)16-10-6-2-4-8-15-10/h9-10H,1-8,12-13H2/t9-,10?/m0/s1. The molecule has 0 aromatic rings. The maximum absolute atomic E-state index is 11.5. The van der Waals surface area contributed by atoms with Crippen LogP contribution in [0.5, 0.6) is 0 Å². The largest absolute Gasteiger partial charge is 0.435 e. The Labute approximate surface area is 96.5 Å². The summed E-state index contributed by atoms with van der Waals surface area (Å²) in [6.07, 6.45) is 4.85. The van der Waals surface area contributed by atoms with Crippen molar-refractivity contribution in [1.82, 2.24) is 0 Å². The lowest BCUT2D eigenvalue weighted by Crippen LogP contribution is -2.36. The van der Waals surface area contributed by atoms with Crippen LogP contribution in [0.1, 0.15) is 38.5 Å². The number of carbonyl (C=O) groups excluding carboxylic acids is 1. The molecule has 0 amide bonds. The number of esters is 1. The molecule has 1 saturated heterocycles. The zero-order valence-electron chi connectivity index (χ0n) is 9.69. The summed E-state index contributed by atoms with van der Waals surface area (Å²) in [5.41, 5.74) is 11.1. The van der Waals surface area contributed by atoms with Gasteiger partial charge in [-0.1, -0.05) is 6.42 Å². The summed E-state index contributed by atoms with van der Waals surface area (Å²) in [7, 11) is 0. The van der Waals surface area contributed by atoms with Gasteiger partial charge in [0, 0.05) is 6.42 Å². The van der Waals surface area contributed by atoms with Crippen molar-refractivity contribution in [3.8, 4) is 0 Å². The van der Waals surface area contributed by atoms with Gasteiger partial charge in [-0.15, -0.1) is 0 Å². The fourth-order valence-corrected chi connectivity index (χ4v) is 1.65. The smallest absolute Gasteiger partial charge is 0.325 e. The highest BCUT2D eigenvalue weighted by Gasteiger charge is 2.22. The zero-order chi connectivity index (χ0) is 11.8. The summed E-state index contributed by atoms with van der Waals surface area (Å²) in [5, 5.41) is 0. The minimum absolute atomic E-state index is 0.357. The second kappa shape index (κ2) is 7.60. The van der Waals surface area contributed by atoms with Gasteiger partial charge in [0.15, 0.2) is 0 Å². The summed E-state index contributed by atoms with van der Waals surface area (Å²) >= 11 is 0. The summed E-state index contributed by atoms with van der Waals surface area (Å²) in [6, 6.07) is -0.544. The van der Waals surface area contributed by atoms with Gasteiger partial charge in [-0.25, -0.2) is 0 Å². The van der Waals surface area contributed by atoms with Crippen LogP contribution in [0.3, 0.4) is 0 Å². The maximum Gasteiger partial charge on any atom is 0.325 e. The van der Waals surface area contributed by atoms with Gasteiger partial charge in [-0.05, 0) is 32.2 Å². The highest BCUT2D eigenvalue weighted by Crippen LogP contribution is 2.14. The van der Waals surface area contributed by atoms with Gasteiger partial charge < -0.3 is 20.9 Å². The van der Waals surface area contributed by atoms with Gasteiger partial charge in [-0.3, -0.25) is 4.79 Å². The molecule has 0 aromatic heterocycles. The molecule has 1 fully saturated rings. The van der Waals surface area contributed by atoms with E-state index in [-0.39, 0.29) is 12.3 Å². The molecule has 1 heterocycles. The van der Waals surface area contributed by atoms with Crippen molar-refractivity contribution in [2.24, 2.45) is 11.5 Å². The van der Waals surface area contributed by atoms with Crippen LogP contribution in [0.25, 0.3) is 0 Å². The molecule has 1 unspecified atom stereocenters. The van der Waals surface area contributed by atoms with Gasteiger partial charge >= 0.3 is 5.97 Å². The molecule has 1 aliphatic heterocycles. The molecular formula is C11H22N2O3. The van der Waals surface area contributed by atoms with Gasteiger partial charge in [0.2, 0.25) is 6.29 Å². The molecule has 94 valence electrons. The van der Waals surface area contributed by atoms with Gasteiger partial charge in [0.25, 0.3) is 0 Å². The SMILES string of the molecule is NCCCC[C@H](N)C(=O)OC1CCCCO1. The lowest BCUT2D eigenvalue weighted by molar-refractivity contribution is -0.188. The molecule has 1 aliphatic rings. The van der Waals surface area contributed by atoms with Crippen LogP contribution in [-0.4, -0.2) is 31.5 Å². The van der Waals surface area contributed by atoms with E-state index in [4.69, 9.17) is 20.9 Å². The van der Waals surface area contributed by atoms with Crippen LogP contribution in [0.4, 0.5) is 0 Å². The first-order valence-electron chi connectivity index (χ1n) is 6.02. The number of rotatable bonds is 6. The molecule has 0 spiro atoms. The van der Waals surface area contributed by atoms with Crippen molar-refractivity contribution >= 4 is 5.97 Å². The van der Waals surface area contributed by atoms with Crippen molar-refractivity contribution in [2.75, 3.05) is 13.2 Å². The Kier molecular flexibility index (Phi) is 6.37. The average Bonchev–Trinajstić information content (AvgIpc) is 2.30. The zero-order valence-corrected chi connectivity index (χ0v) is 9.69. The van der Waals surface area contributed by atoms with Crippen LogP contribution < -0.4 is 11.5 Å². The summed E-state index contributed by atoms with van der Waals surface area (Å²) in [5.74, 6) is -0.357. The third kappa shape index (κ3) is 4.92. The molecule has 4 N–H and O–H groups in total. The molecule has 5 nitrogen and oxygen atoms in total. The summed E-state index contributed by atoms with van der Waals surface area (Å²) in [4.78, 5) is 11.5. The van der Waals surface area contributed by atoms with E-state index in [9.17, 15) is 4.79 Å². The summed E-state index contributed by atoms with van der Waals surface area (Å²) in [6.45, 7) is 1.30. The number of nitrogens with two attached hydrogens (primary N) is 2. The van der Waals surface area contributed by atoms with Crippen molar-refractivity contribution in [3.63, 3.8) is 0 Å². The fraction of sp³-hybridized carbons (Fsp3) is 0.909. The van der Waals surface area contributed by atoms with E-state index in [1.807, 2.05) is 0 Å². The normalized spacial score (nSPS) is 22.8. The molecule has 1 rings (SSSR count). The van der Waals surface area contributed by atoms with Crippen molar-refractivity contribution in [2.45, 2.75) is 50.9 Å². The molecular weight excluding hydrogens is 208 g/mol. The van der Waals surface area contributed by atoms with Gasteiger partial charge in [0.1, 0.15) is 6.04 Å². The Morgan fingerprint density at radius 1 is 1.44 bits per heavy atom. The molecule has 0 radical (unpaired) electrons. The van der Waals surface area contributed by atoms with Crippen LogP contribution in [0.15, 0.2) is 0 Å². The lowest BCUT2D eigenvalue weighted by Gasteiger charge is -2.23. The van der Waals surface area contributed by atoms with E-state index in [1.54, 1.807) is 0 Å². The minimum Gasteiger partial charge on any atom is -0.435 e. The number of unbranched alkanes of at least 4 members (excludes halogenated alkanes) is 1. The molecule has 5 heteroatoms. The number of carbonyl (C=O) groups is 1. The fourth-order valence-electron chi connectivity index (χ4n) is 1.65. The van der Waals surface area contributed by atoms with Crippen LogP contribution in [0.2, 0.25) is 0 Å². The highest BCUT2D eigenvalue weighted by molar-refractivity contribution is 5.75. The number of hydrogen-bond acceptors (Lipinski definition) is 5. The van der Waals surface area contributed by atoms with E-state index in [0.29, 0.717) is 19.6 Å². The molecule has 2 atom stereocenters. The van der Waals surface area contributed by atoms with E-state index in [0.717, 1.165) is 32.1 Å². The van der Waals surface area contributed by atoms with Crippen molar-refractivity contribution < 1.29 is 14.3 Å². The topological polar surface area (TPSA) is 87.6 Å². The first-order valence-corrected chi connectivity index (χ1v) is 6.02. The van der Waals surface area contributed by atoms with Crippen molar-refractivity contribution in [1.29, 1.82) is 0 Å². The van der Waals surface area contributed by atoms with E-state index < -0.39 is 6.04 Å². The third-order valence-electron chi connectivity index (χ3n) is 2.66. The van der Waals surface area contributed by atoms with E-state index in [1.165, 1.54) is 0 Å². The Bertz CT molecular complexity index is 205.